The molecule has 24 heavy (non-hydrogen) atoms. The van der Waals surface area contributed by atoms with Crippen molar-refractivity contribution < 1.29 is 23.8 Å². The van der Waals surface area contributed by atoms with E-state index < -0.39 is 11.8 Å². The number of rotatable bonds is 7. The van der Waals surface area contributed by atoms with Gasteiger partial charge in [-0.2, -0.15) is 0 Å². The predicted octanol–water partition coefficient (Wildman–Crippen LogP) is 1.60. The van der Waals surface area contributed by atoms with Crippen molar-refractivity contribution in [3.8, 4) is 5.75 Å². The minimum atomic E-state index is -1.01. The first-order valence-corrected chi connectivity index (χ1v) is 8.07. The molecule has 1 aromatic carbocycles. The summed E-state index contributed by atoms with van der Waals surface area (Å²) in [5.74, 6) is -1.40. The Hall–Kier alpha value is -2.15. The Kier molecular flexibility index (Phi) is 6.54. The predicted molar refractivity (Wildman–Crippen MR) is 86.4 cm³/mol. The molecule has 7 heteroatoms. The van der Waals surface area contributed by atoms with Crippen molar-refractivity contribution in [2.24, 2.45) is 0 Å². The molecule has 1 aliphatic heterocycles. The van der Waals surface area contributed by atoms with Crippen molar-refractivity contribution in [2.45, 2.75) is 25.3 Å². The second kappa shape index (κ2) is 8.63. The van der Waals surface area contributed by atoms with Crippen molar-refractivity contribution in [2.75, 3.05) is 33.3 Å². The standard InChI is InChI=1S/C17H23FN2O4/c1-19(10-11-24-15-8-3-2-6-13(15)18)14-7-4-5-9-20(17(14)23)12-16(21)22/h2-3,6,8,14H,4-5,7,9-12H2,1H3,(H,21,22). The molecule has 0 spiro atoms. The summed E-state index contributed by atoms with van der Waals surface area (Å²) >= 11 is 0. The van der Waals surface area contributed by atoms with Gasteiger partial charge in [0.15, 0.2) is 11.6 Å². The van der Waals surface area contributed by atoms with Gasteiger partial charge in [0, 0.05) is 13.1 Å². The van der Waals surface area contributed by atoms with Crippen LogP contribution in [0.15, 0.2) is 24.3 Å². The maximum Gasteiger partial charge on any atom is 0.323 e. The van der Waals surface area contributed by atoms with Crippen LogP contribution in [-0.2, 0) is 9.59 Å². The van der Waals surface area contributed by atoms with Crippen LogP contribution in [0.4, 0.5) is 4.39 Å². The molecule has 0 saturated carbocycles. The van der Waals surface area contributed by atoms with Gasteiger partial charge in [0.05, 0.1) is 6.04 Å². The van der Waals surface area contributed by atoms with Crippen molar-refractivity contribution in [1.82, 2.24) is 9.80 Å². The van der Waals surface area contributed by atoms with Crippen LogP contribution in [0.25, 0.3) is 0 Å². The van der Waals surface area contributed by atoms with Gasteiger partial charge < -0.3 is 14.7 Å². The lowest BCUT2D eigenvalue weighted by molar-refractivity contribution is -0.146. The molecule has 1 aromatic rings. The van der Waals surface area contributed by atoms with Gasteiger partial charge >= 0.3 is 5.97 Å². The summed E-state index contributed by atoms with van der Waals surface area (Å²) < 4.78 is 18.9. The van der Waals surface area contributed by atoms with Crippen LogP contribution < -0.4 is 4.74 Å². The molecule has 1 heterocycles. The van der Waals surface area contributed by atoms with Crippen LogP contribution in [-0.4, -0.2) is 66.1 Å². The Labute approximate surface area is 140 Å². The minimum Gasteiger partial charge on any atom is -0.489 e. The number of carbonyl (C=O) groups is 2. The van der Waals surface area contributed by atoms with Gasteiger partial charge in [0.2, 0.25) is 5.91 Å². The summed E-state index contributed by atoms with van der Waals surface area (Å²) in [6.07, 6.45) is 2.35. The van der Waals surface area contributed by atoms with Gasteiger partial charge in [-0.1, -0.05) is 12.1 Å². The first-order valence-electron chi connectivity index (χ1n) is 8.07. The zero-order valence-corrected chi connectivity index (χ0v) is 13.8. The normalized spacial score (nSPS) is 18.5. The number of carboxylic acid groups (broad SMARTS) is 1. The third-order valence-electron chi connectivity index (χ3n) is 4.15. The molecular weight excluding hydrogens is 315 g/mol. The minimum absolute atomic E-state index is 0.164. The van der Waals surface area contributed by atoms with E-state index in [1.54, 1.807) is 25.2 Å². The fourth-order valence-electron chi connectivity index (χ4n) is 2.83. The number of halogens is 1. The van der Waals surface area contributed by atoms with Crippen molar-refractivity contribution >= 4 is 11.9 Å². The molecule has 1 amide bonds. The summed E-state index contributed by atoms with van der Waals surface area (Å²) in [6.45, 7) is 0.905. The number of ether oxygens (including phenoxy) is 1. The van der Waals surface area contributed by atoms with Gasteiger partial charge in [-0.25, -0.2) is 4.39 Å². The molecule has 0 aliphatic carbocycles. The number of likely N-dealkylation sites (tertiary alicyclic amines) is 1. The lowest BCUT2D eigenvalue weighted by Gasteiger charge is -2.29. The largest absolute Gasteiger partial charge is 0.489 e. The summed E-state index contributed by atoms with van der Waals surface area (Å²) in [5, 5.41) is 8.93. The highest BCUT2D eigenvalue weighted by atomic mass is 19.1. The van der Waals surface area contributed by atoms with Crippen LogP contribution >= 0.6 is 0 Å². The summed E-state index contributed by atoms with van der Waals surface area (Å²) in [6, 6.07) is 5.81. The number of aliphatic carboxylic acids is 1. The number of amides is 1. The van der Waals surface area contributed by atoms with E-state index in [1.807, 2.05) is 4.90 Å². The zero-order valence-electron chi connectivity index (χ0n) is 13.8. The molecule has 132 valence electrons. The first kappa shape index (κ1) is 18.2. The molecule has 0 radical (unpaired) electrons. The highest BCUT2D eigenvalue weighted by Crippen LogP contribution is 2.18. The van der Waals surface area contributed by atoms with Gasteiger partial charge in [-0.05, 0) is 38.4 Å². The van der Waals surface area contributed by atoms with Crippen LogP contribution in [0.5, 0.6) is 5.75 Å². The molecular formula is C17H23FN2O4. The van der Waals surface area contributed by atoms with Crippen LogP contribution in [0.3, 0.4) is 0 Å². The molecule has 6 nitrogen and oxygen atoms in total. The molecule has 1 fully saturated rings. The fraction of sp³-hybridized carbons (Fsp3) is 0.529. The number of nitrogens with zero attached hydrogens (tertiary/aromatic N) is 2. The molecule has 1 aliphatic rings. The highest BCUT2D eigenvalue weighted by molar-refractivity contribution is 5.85. The molecule has 1 saturated heterocycles. The van der Waals surface area contributed by atoms with Gasteiger partial charge in [0.1, 0.15) is 13.2 Å². The number of hydrogen-bond donors (Lipinski definition) is 1. The number of carboxylic acids is 1. The average Bonchev–Trinajstić information content (AvgIpc) is 2.71. The van der Waals surface area contributed by atoms with E-state index in [9.17, 15) is 14.0 Å². The maximum absolute atomic E-state index is 13.5. The molecule has 1 atom stereocenters. The average molecular weight is 338 g/mol. The van der Waals surface area contributed by atoms with E-state index >= 15 is 0 Å². The number of likely N-dealkylation sites (N-methyl/N-ethyl adjacent to an activating group) is 1. The van der Waals surface area contributed by atoms with E-state index in [0.717, 1.165) is 12.8 Å². The monoisotopic (exact) mass is 338 g/mol. The summed E-state index contributed by atoms with van der Waals surface area (Å²) in [5.41, 5.74) is 0. The third-order valence-corrected chi connectivity index (χ3v) is 4.15. The number of para-hydroxylation sites is 1. The molecule has 2 rings (SSSR count). The summed E-state index contributed by atoms with van der Waals surface area (Å²) in [4.78, 5) is 26.7. The van der Waals surface area contributed by atoms with Gasteiger partial charge in [-0.15, -0.1) is 0 Å². The van der Waals surface area contributed by atoms with E-state index in [2.05, 4.69) is 0 Å². The second-order valence-corrected chi connectivity index (χ2v) is 5.92. The molecule has 1 N–H and O–H groups in total. The third kappa shape index (κ3) is 4.92. The Balaban J connectivity index is 1.90. The molecule has 1 unspecified atom stereocenters. The van der Waals surface area contributed by atoms with Crippen LogP contribution in [0.1, 0.15) is 19.3 Å². The van der Waals surface area contributed by atoms with Gasteiger partial charge in [0.25, 0.3) is 0 Å². The van der Waals surface area contributed by atoms with Crippen molar-refractivity contribution in [1.29, 1.82) is 0 Å². The lowest BCUT2D eigenvalue weighted by Crippen LogP contribution is -2.48. The smallest absolute Gasteiger partial charge is 0.323 e. The Morgan fingerprint density at radius 3 is 2.88 bits per heavy atom. The van der Waals surface area contributed by atoms with E-state index in [-0.39, 0.29) is 30.9 Å². The maximum atomic E-state index is 13.5. The highest BCUT2D eigenvalue weighted by Gasteiger charge is 2.30. The fourth-order valence-corrected chi connectivity index (χ4v) is 2.83. The van der Waals surface area contributed by atoms with Crippen LogP contribution in [0.2, 0.25) is 0 Å². The quantitative estimate of drug-likeness (QED) is 0.818. The Bertz CT molecular complexity index is 581. The summed E-state index contributed by atoms with van der Waals surface area (Å²) in [7, 11) is 1.80. The van der Waals surface area contributed by atoms with Crippen molar-refractivity contribution in [3.05, 3.63) is 30.1 Å². The second-order valence-electron chi connectivity index (χ2n) is 5.92. The Morgan fingerprint density at radius 2 is 2.17 bits per heavy atom. The first-order chi connectivity index (χ1) is 11.5. The number of carbonyl (C=O) groups excluding carboxylic acids is 1. The van der Waals surface area contributed by atoms with Crippen LogP contribution in [0, 0.1) is 5.82 Å². The van der Waals surface area contributed by atoms with Gasteiger partial charge in [-0.3, -0.25) is 14.5 Å². The number of benzene rings is 1. The topological polar surface area (TPSA) is 70.1 Å². The molecule has 0 aromatic heterocycles. The van der Waals surface area contributed by atoms with E-state index in [4.69, 9.17) is 9.84 Å². The number of hydrogen-bond acceptors (Lipinski definition) is 4. The SMILES string of the molecule is CN(CCOc1ccccc1F)C1CCCCN(CC(=O)O)C1=O. The lowest BCUT2D eigenvalue weighted by atomic mass is 10.1. The van der Waals surface area contributed by atoms with Crippen molar-refractivity contribution in [3.63, 3.8) is 0 Å². The molecule has 0 bridgehead atoms. The zero-order chi connectivity index (χ0) is 17.5. The van der Waals surface area contributed by atoms with E-state index in [1.165, 1.54) is 11.0 Å². The van der Waals surface area contributed by atoms with E-state index in [0.29, 0.717) is 19.5 Å². The Morgan fingerprint density at radius 1 is 1.42 bits per heavy atom.